The van der Waals surface area contributed by atoms with Crippen molar-refractivity contribution < 1.29 is 9.53 Å². The zero-order valence-electron chi connectivity index (χ0n) is 11.0. The first kappa shape index (κ1) is 13.9. The monoisotopic (exact) mass is 319 g/mol. The lowest BCUT2D eigenvalue weighted by Gasteiger charge is -2.05. The van der Waals surface area contributed by atoms with Crippen LogP contribution in [0.3, 0.4) is 0 Å². The standard InChI is InChI=1S/C15H10ClNO3S/c1-20-15(19)9-6-7-12(11(16)8-9)17-14(18)10-4-2-3-5-13(10)21-17/h2-8H,1H3. The Hall–Kier alpha value is -2.11. The smallest absolute Gasteiger partial charge is 0.337 e. The molecule has 2 aromatic carbocycles. The fourth-order valence-electron chi connectivity index (χ4n) is 2.05. The molecule has 0 bridgehead atoms. The van der Waals surface area contributed by atoms with Crippen molar-refractivity contribution in [3.8, 4) is 5.69 Å². The number of hydrogen-bond donors (Lipinski definition) is 0. The van der Waals surface area contributed by atoms with Crippen molar-refractivity contribution in [1.82, 2.24) is 3.96 Å². The van der Waals surface area contributed by atoms with Crippen LogP contribution in [-0.2, 0) is 4.74 Å². The average molecular weight is 320 g/mol. The van der Waals surface area contributed by atoms with Gasteiger partial charge in [-0.1, -0.05) is 35.3 Å². The molecule has 0 atom stereocenters. The molecule has 4 nitrogen and oxygen atoms in total. The van der Waals surface area contributed by atoms with Gasteiger partial charge in [0.15, 0.2) is 0 Å². The van der Waals surface area contributed by atoms with Gasteiger partial charge in [0.1, 0.15) is 0 Å². The maximum atomic E-state index is 12.4. The number of fused-ring (bicyclic) bond motifs is 1. The van der Waals surface area contributed by atoms with Gasteiger partial charge >= 0.3 is 5.97 Å². The molecule has 21 heavy (non-hydrogen) atoms. The minimum atomic E-state index is -0.466. The van der Waals surface area contributed by atoms with Gasteiger partial charge in [-0.15, -0.1) is 0 Å². The van der Waals surface area contributed by atoms with Crippen LogP contribution in [0.4, 0.5) is 0 Å². The summed E-state index contributed by atoms with van der Waals surface area (Å²) in [6.45, 7) is 0. The molecule has 0 aliphatic rings. The Labute approximate surface area is 129 Å². The Bertz CT molecular complexity index is 897. The summed E-state index contributed by atoms with van der Waals surface area (Å²) in [5.74, 6) is -0.466. The fourth-order valence-corrected chi connectivity index (χ4v) is 3.39. The fraction of sp³-hybridized carbons (Fsp3) is 0.0667. The first-order valence-corrected chi connectivity index (χ1v) is 7.26. The van der Waals surface area contributed by atoms with E-state index in [1.54, 1.807) is 18.2 Å². The van der Waals surface area contributed by atoms with Crippen LogP contribution in [0.1, 0.15) is 10.4 Å². The number of rotatable bonds is 2. The van der Waals surface area contributed by atoms with Crippen molar-refractivity contribution in [1.29, 1.82) is 0 Å². The van der Waals surface area contributed by atoms with E-state index in [0.29, 0.717) is 21.7 Å². The predicted octanol–water partition coefficient (Wildman–Crippen LogP) is 3.49. The maximum absolute atomic E-state index is 12.4. The van der Waals surface area contributed by atoms with E-state index < -0.39 is 5.97 Å². The number of hydrogen-bond acceptors (Lipinski definition) is 4. The molecule has 0 radical (unpaired) electrons. The summed E-state index contributed by atoms with van der Waals surface area (Å²) in [6.07, 6.45) is 0. The second-order valence-corrected chi connectivity index (χ2v) is 5.74. The third-order valence-electron chi connectivity index (χ3n) is 3.08. The van der Waals surface area contributed by atoms with Crippen molar-refractivity contribution in [2.45, 2.75) is 0 Å². The number of aromatic nitrogens is 1. The minimum absolute atomic E-state index is 0.122. The number of ether oxygens (including phenoxy) is 1. The predicted molar refractivity (Wildman–Crippen MR) is 83.8 cm³/mol. The van der Waals surface area contributed by atoms with Crippen LogP contribution in [0.2, 0.25) is 5.02 Å². The van der Waals surface area contributed by atoms with Crippen LogP contribution in [-0.4, -0.2) is 17.0 Å². The maximum Gasteiger partial charge on any atom is 0.337 e. The molecule has 6 heteroatoms. The van der Waals surface area contributed by atoms with Crippen molar-refractivity contribution in [3.05, 3.63) is 63.4 Å². The zero-order valence-corrected chi connectivity index (χ0v) is 12.6. The number of esters is 1. The molecule has 0 aliphatic carbocycles. The average Bonchev–Trinajstić information content (AvgIpc) is 2.84. The van der Waals surface area contributed by atoms with Gasteiger partial charge < -0.3 is 4.74 Å². The van der Waals surface area contributed by atoms with Crippen molar-refractivity contribution >= 4 is 39.2 Å². The molecular formula is C15H10ClNO3S. The molecule has 3 aromatic rings. The summed E-state index contributed by atoms with van der Waals surface area (Å²) in [5, 5.41) is 0.974. The number of methoxy groups -OCH3 is 1. The van der Waals surface area contributed by atoms with Gasteiger partial charge in [0.05, 0.1) is 33.5 Å². The number of carbonyl (C=O) groups is 1. The van der Waals surface area contributed by atoms with E-state index >= 15 is 0 Å². The van der Waals surface area contributed by atoms with Gasteiger partial charge in [-0.2, -0.15) is 0 Å². The van der Waals surface area contributed by atoms with E-state index in [1.807, 2.05) is 18.2 Å². The van der Waals surface area contributed by atoms with Crippen molar-refractivity contribution in [3.63, 3.8) is 0 Å². The Morgan fingerprint density at radius 1 is 1.24 bits per heavy atom. The van der Waals surface area contributed by atoms with Gasteiger partial charge in [0.25, 0.3) is 5.56 Å². The Kier molecular flexibility index (Phi) is 3.53. The van der Waals surface area contributed by atoms with E-state index in [0.717, 1.165) is 4.70 Å². The molecule has 0 aliphatic heterocycles. The third-order valence-corrected chi connectivity index (χ3v) is 4.48. The Morgan fingerprint density at radius 2 is 2.00 bits per heavy atom. The zero-order chi connectivity index (χ0) is 15.0. The van der Waals surface area contributed by atoms with Crippen LogP contribution in [0, 0.1) is 0 Å². The van der Waals surface area contributed by atoms with E-state index in [2.05, 4.69) is 4.74 Å². The largest absolute Gasteiger partial charge is 0.465 e. The summed E-state index contributed by atoms with van der Waals surface area (Å²) in [5.41, 5.74) is 0.777. The van der Waals surface area contributed by atoms with E-state index in [9.17, 15) is 9.59 Å². The van der Waals surface area contributed by atoms with Gasteiger partial charge in [-0.05, 0) is 30.3 Å². The molecular weight excluding hydrogens is 310 g/mol. The van der Waals surface area contributed by atoms with Crippen LogP contribution >= 0.6 is 23.1 Å². The number of benzene rings is 2. The van der Waals surface area contributed by atoms with Gasteiger partial charge in [0.2, 0.25) is 0 Å². The molecule has 1 heterocycles. The van der Waals surface area contributed by atoms with Gasteiger partial charge in [-0.25, -0.2) is 8.75 Å². The molecule has 0 saturated carbocycles. The van der Waals surface area contributed by atoms with Crippen LogP contribution in [0.25, 0.3) is 15.8 Å². The van der Waals surface area contributed by atoms with Crippen molar-refractivity contribution in [2.75, 3.05) is 7.11 Å². The molecule has 0 N–H and O–H groups in total. The molecule has 0 saturated heterocycles. The minimum Gasteiger partial charge on any atom is -0.465 e. The molecule has 0 unspecified atom stereocenters. The number of carbonyl (C=O) groups excluding carboxylic acids is 1. The normalized spacial score (nSPS) is 10.8. The molecule has 1 aromatic heterocycles. The van der Waals surface area contributed by atoms with E-state index in [4.69, 9.17) is 11.6 Å². The highest BCUT2D eigenvalue weighted by Gasteiger charge is 2.14. The molecule has 0 spiro atoms. The van der Waals surface area contributed by atoms with Crippen LogP contribution in [0.5, 0.6) is 0 Å². The third kappa shape index (κ3) is 2.34. The first-order valence-electron chi connectivity index (χ1n) is 6.11. The van der Waals surface area contributed by atoms with E-state index in [1.165, 1.54) is 28.7 Å². The molecule has 0 fully saturated rings. The highest BCUT2D eigenvalue weighted by Crippen LogP contribution is 2.26. The lowest BCUT2D eigenvalue weighted by atomic mass is 10.2. The van der Waals surface area contributed by atoms with Crippen molar-refractivity contribution in [2.24, 2.45) is 0 Å². The number of nitrogens with zero attached hydrogens (tertiary/aromatic N) is 1. The van der Waals surface area contributed by atoms with Gasteiger partial charge in [-0.3, -0.25) is 4.79 Å². The Balaban J connectivity index is 2.17. The quantitative estimate of drug-likeness (QED) is 0.679. The topological polar surface area (TPSA) is 48.3 Å². The number of halogens is 1. The lowest BCUT2D eigenvalue weighted by molar-refractivity contribution is 0.0601. The molecule has 0 amide bonds. The summed E-state index contributed by atoms with van der Waals surface area (Å²) in [4.78, 5) is 23.9. The molecule has 3 rings (SSSR count). The highest BCUT2D eigenvalue weighted by molar-refractivity contribution is 7.14. The summed E-state index contributed by atoms with van der Waals surface area (Å²) >= 11 is 7.52. The highest BCUT2D eigenvalue weighted by atomic mass is 35.5. The lowest BCUT2D eigenvalue weighted by Crippen LogP contribution is -2.11. The SMILES string of the molecule is COC(=O)c1ccc(-n2sc3ccccc3c2=O)c(Cl)c1. The van der Waals surface area contributed by atoms with E-state index in [-0.39, 0.29) is 5.56 Å². The molecule has 106 valence electrons. The summed E-state index contributed by atoms with van der Waals surface area (Å²) in [6, 6.07) is 12.1. The van der Waals surface area contributed by atoms with Crippen LogP contribution < -0.4 is 5.56 Å². The van der Waals surface area contributed by atoms with Gasteiger partial charge in [0, 0.05) is 0 Å². The first-order chi connectivity index (χ1) is 10.1. The van der Waals surface area contributed by atoms with Crippen LogP contribution in [0.15, 0.2) is 47.3 Å². The second-order valence-electron chi connectivity index (χ2n) is 4.34. The summed E-state index contributed by atoms with van der Waals surface area (Å²) < 4.78 is 7.05. The summed E-state index contributed by atoms with van der Waals surface area (Å²) in [7, 11) is 1.31. The second kappa shape index (κ2) is 5.35. The Morgan fingerprint density at radius 3 is 2.67 bits per heavy atom.